The fourth-order valence-corrected chi connectivity index (χ4v) is 3.84. The Balaban J connectivity index is 3.25. The van der Waals surface area contributed by atoms with E-state index >= 15 is 0 Å². The van der Waals surface area contributed by atoms with Gasteiger partial charge >= 0.3 is 91.5 Å². The molecule has 0 aliphatic rings. The summed E-state index contributed by atoms with van der Waals surface area (Å²) in [5.41, 5.74) is -2.14. The van der Waals surface area contributed by atoms with Crippen molar-refractivity contribution >= 4 is 26.4 Å². The Kier molecular flexibility index (Phi) is 3.33. The first-order chi connectivity index (χ1) is 6.41. The number of alkyl halides is 1. The van der Waals surface area contributed by atoms with Crippen molar-refractivity contribution in [2.24, 2.45) is 0 Å². The standard InChI is InChI=1S/C9H12FNO2Te/c1-4-9(10,8(12)13)7-5(2)14-6(3)11-7/h4H2,1-3H3,(H,12,13). The second-order valence-electron chi connectivity index (χ2n) is 3.10. The van der Waals surface area contributed by atoms with E-state index in [0.717, 1.165) is 7.29 Å². The average molecular weight is 313 g/mol. The van der Waals surface area contributed by atoms with Crippen LogP contribution in [0.3, 0.4) is 0 Å². The van der Waals surface area contributed by atoms with Crippen LogP contribution in [0.25, 0.3) is 0 Å². The van der Waals surface area contributed by atoms with E-state index in [1.807, 2.05) is 6.92 Å². The van der Waals surface area contributed by atoms with Gasteiger partial charge in [-0.05, 0) is 0 Å². The summed E-state index contributed by atoms with van der Waals surface area (Å²) < 4.78 is 15.8. The second kappa shape index (κ2) is 4.00. The molecule has 3 nitrogen and oxygen atoms in total. The van der Waals surface area contributed by atoms with Crippen LogP contribution in [0, 0.1) is 13.8 Å². The number of hydrogen-bond donors (Lipinski definition) is 1. The molecule has 1 N–H and O–H groups in total. The van der Waals surface area contributed by atoms with E-state index in [1.54, 1.807) is 6.92 Å². The molecule has 0 amide bonds. The molecule has 1 aromatic heterocycles. The Morgan fingerprint density at radius 3 is 2.50 bits per heavy atom. The summed E-state index contributed by atoms with van der Waals surface area (Å²) in [6.45, 7) is 5.14. The molecule has 0 aromatic carbocycles. The molecule has 1 rings (SSSR count). The van der Waals surface area contributed by atoms with Crippen molar-refractivity contribution in [3.63, 3.8) is 0 Å². The molecule has 1 unspecified atom stereocenters. The summed E-state index contributed by atoms with van der Waals surface area (Å²) >= 11 is -0.572. The Bertz CT molecular complexity index is 364. The summed E-state index contributed by atoms with van der Waals surface area (Å²) in [6.07, 6.45) is -0.0707. The maximum atomic E-state index is 14.0. The molecule has 78 valence electrons. The summed E-state index contributed by atoms with van der Waals surface area (Å²) in [7, 11) is 0. The quantitative estimate of drug-likeness (QED) is 0.859. The van der Waals surface area contributed by atoms with E-state index in [0.29, 0.717) is 0 Å². The molecule has 0 saturated heterocycles. The maximum absolute atomic E-state index is 14.0. The summed E-state index contributed by atoms with van der Waals surface area (Å²) in [5.74, 6) is -1.43. The number of aromatic nitrogens is 1. The van der Waals surface area contributed by atoms with E-state index in [9.17, 15) is 9.18 Å². The van der Waals surface area contributed by atoms with E-state index in [-0.39, 0.29) is 12.1 Å². The minimum atomic E-state index is -2.29. The van der Waals surface area contributed by atoms with Crippen molar-refractivity contribution in [1.82, 2.24) is 4.98 Å². The minimum absolute atomic E-state index is 0.0707. The average Bonchev–Trinajstić information content (AvgIpc) is 2.44. The first-order valence-electron chi connectivity index (χ1n) is 4.28. The Morgan fingerprint density at radius 1 is 1.64 bits per heavy atom. The molecule has 1 aromatic rings. The third-order valence-corrected chi connectivity index (χ3v) is 4.63. The first kappa shape index (κ1) is 11.7. The van der Waals surface area contributed by atoms with Crippen LogP contribution < -0.4 is 0 Å². The van der Waals surface area contributed by atoms with E-state index in [2.05, 4.69) is 4.98 Å². The summed E-state index contributed by atoms with van der Waals surface area (Å²) in [4.78, 5) is 14.9. The van der Waals surface area contributed by atoms with Gasteiger partial charge in [0.25, 0.3) is 0 Å². The molecule has 1 heterocycles. The molecule has 0 aliphatic carbocycles. The molecular formula is C9H12FNO2Te. The van der Waals surface area contributed by atoms with Crippen LogP contribution in [0.4, 0.5) is 4.39 Å². The number of rotatable bonds is 3. The van der Waals surface area contributed by atoms with Crippen molar-refractivity contribution in [3.05, 3.63) is 13.0 Å². The summed E-state index contributed by atoms with van der Waals surface area (Å²) in [6, 6.07) is 0. The van der Waals surface area contributed by atoms with Gasteiger partial charge in [-0.25, -0.2) is 0 Å². The molecule has 0 saturated carbocycles. The van der Waals surface area contributed by atoms with Gasteiger partial charge in [0.2, 0.25) is 0 Å². The van der Waals surface area contributed by atoms with E-state index in [1.165, 1.54) is 6.92 Å². The van der Waals surface area contributed by atoms with Gasteiger partial charge in [0.15, 0.2) is 0 Å². The molecular weight excluding hydrogens is 301 g/mol. The number of carbonyl (C=O) groups is 1. The van der Waals surface area contributed by atoms with Gasteiger partial charge < -0.3 is 0 Å². The fourth-order valence-electron chi connectivity index (χ4n) is 1.32. The van der Waals surface area contributed by atoms with Crippen LogP contribution in [-0.2, 0) is 10.5 Å². The van der Waals surface area contributed by atoms with E-state index < -0.39 is 32.1 Å². The van der Waals surface area contributed by atoms with Crippen molar-refractivity contribution in [1.29, 1.82) is 0 Å². The molecule has 0 radical (unpaired) electrons. The van der Waals surface area contributed by atoms with Gasteiger partial charge in [-0.15, -0.1) is 0 Å². The molecule has 0 spiro atoms. The van der Waals surface area contributed by atoms with Crippen LogP contribution in [0.15, 0.2) is 0 Å². The van der Waals surface area contributed by atoms with Crippen molar-refractivity contribution in [2.45, 2.75) is 32.9 Å². The zero-order valence-electron chi connectivity index (χ0n) is 8.30. The topological polar surface area (TPSA) is 50.2 Å². The zero-order valence-corrected chi connectivity index (χ0v) is 10.6. The molecule has 0 fully saturated rings. The van der Waals surface area contributed by atoms with Crippen molar-refractivity contribution in [2.75, 3.05) is 0 Å². The molecule has 0 bridgehead atoms. The number of hydrogen-bond acceptors (Lipinski definition) is 2. The number of carboxylic acid groups (broad SMARTS) is 1. The van der Waals surface area contributed by atoms with Crippen LogP contribution in [0.5, 0.6) is 0 Å². The van der Waals surface area contributed by atoms with Gasteiger partial charge in [-0.2, -0.15) is 0 Å². The molecule has 0 aliphatic heterocycles. The van der Waals surface area contributed by atoms with Crippen molar-refractivity contribution in [3.8, 4) is 0 Å². The fraction of sp³-hybridized carbons (Fsp3) is 0.556. The first-order valence-corrected chi connectivity index (χ1v) is 6.61. The number of aryl methyl sites for hydroxylation is 2. The number of halogens is 1. The number of aliphatic carboxylic acids is 1. The van der Waals surface area contributed by atoms with Crippen LogP contribution in [0.1, 0.15) is 26.3 Å². The van der Waals surface area contributed by atoms with Gasteiger partial charge in [-0.1, -0.05) is 0 Å². The second-order valence-corrected chi connectivity index (χ2v) is 7.11. The Morgan fingerprint density at radius 2 is 2.21 bits per heavy atom. The van der Waals surface area contributed by atoms with E-state index in [4.69, 9.17) is 5.11 Å². The zero-order chi connectivity index (χ0) is 10.9. The van der Waals surface area contributed by atoms with Crippen LogP contribution >= 0.6 is 0 Å². The third kappa shape index (κ3) is 1.84. The number of nitrogens with zero attached hydrogens (tertiary/aromatic N) is 1. The van der Waals surface area contributed by atoms with Gasteiger partial charge in [0.1, 0.15) is 0 Å². The van der Waals surface area contributed by atoms with Crippen molar-refractivity contribution < 1.29 is 14.3 Å². The SMILES string of the molecule is CCC(F)(C(=O)O)c1nc(C)[te]c1C. The third-order valence-electron chi connectivity index (χ3n) is 2.11. The Labute approximate surface area is 91.6 Å². The van der Waals surface area contributed by atoms with Crippen LogP contribution in [0.2, 0.25) is 0 Å². The number of carboxylic acids is 1. The molecule has 5 heteroatoms. The monoisotopic (exact) mass is 315 g/mol. The van der Waals surface area contributed by atoms with Gasteiger partial charge in [0.05, 0.1) is 0 Å². The molecule has 14 heavy (non-hydrogen) atoms. The Hall–Kier alpha value is -0.400. The van der Waals surface area contributed by atoms with Gasteiger partial charge in [-0.3, -0.25) is 0 Å². The predicted molar refractivity (Wildman–Crippen MR) is 51.4 cm³/mol. The molecule has 1 atom stereocenters. The normalized spacial score (nSPS) is 15.1. The summed E-state index contributed by atoms with van der Waals surface area (Å²) in [5, 5.41) is 8.83. The van der Waals surface area contributed by atoms with Crippen LogP contribution in [-0.4, -0.2) is 36.5 Å². The predicted octanol–water partition coefficient (Wildman–Crippen LogP) is 1.41. The van der Waals surface area contributed by atoms with Gasteiger partial charge in [0, 0.05) is 0 Å².